The first-order chi connectivity index (χ1) is 6.63. The zero-order valence-electron chi connectivity index (χ0n) is 7.78. The van der Waals surface area contributed by atoms with Crippen molar-refractivity contribution in [2.45, 2.75) is 6.92 Å². The molecule has 1 aromatic rings. The fourth-order valence-corrected chi connectivity index (χ4v) is 1.02. The Bertz CT molecular complexity index is 360. The fourth-order valence-electron chi connectivity index (χ4n) is 1.02. The number of hydrogen-bond acceptors (Lipinski definition) is 3. The van der Waals surface area contributed by atoms with Crippen LogP contribution in [0.3, 0.4) is 0 Å². The summed E-state index contributed by atoms with van der Waals surface area (Å²) in [5.74, 6) is -0.559. The Morgan fingerprint density at radius 2 is 2.14 bits per heavy atom. The van der Waals surface area contributed by atoms with Crippen molar-refractivity contribution < 1.29 is 14.7 Å². The molecule has 74 valence electrons. The van der Waals surface area contributed by atoms with Crippen molar-refractivity contribution >= 4 is 17.4 Å². The Hall–Kier alpha value is -1.68. The van der Waals surface area contributed by atoms with E-state index in [1.165, 1.54) is 6.92 Å². The topological polar surface area (TPSA) is 66.4 Å². The normalized spacial score (nSPS) is 9.57. The van der Waals surface area contributed by atoms with Gasteiger partial charge < -0.3 is 10.4 Å². The van der Waals surface area contributed by atoms with E-state index in [0.29, 0.717) is 11.3 Å². The first-order valence-corrected chi connectivity index (χ1v) is 4.15. The van der Waals surface area contributed by atoms with E-state index in [1.807, 2.05) is 0 Å². The van der Waals surface area contributed by atoms with E-state index >= 15 is 0 Å². The molecule has 0 aromatic heterocycles. The van der Waals surface area contributed by atoms with Gasteiger partial charge in [0, 0.05) is 11.3 Å². The van der Waals surface area contributed by atoms with Gasteiger partial charge in [0.25, 0.3) is 0 Å². The largest absolute Gasteiger partial charge is 0.387 e. The predicted molar refractivity (Wildman–Crippen MR) is 52.2 cm³/mol. The van der Waals surface area contributed by atoms with Gasteiger partial charge in [-0.25, -0.2) is 0 Å². The summed E-state index contributed by atoms with van der Waals surface area (Å²) >= 11 is 0. The van der Waals surface area contributed by atoms with E-state index < -0.39 is 12.5 Å². The van der Waals surface area contributed by atoms with Gasteiger partial charge in [-0.15, -0.1) is 0 Å². The smallest absolute Gasteiger partial charge is 0.250 e. The fraction of sp³-hybridized carbons (Fsp3) is 0.200. The van der Waals surface area contributed by atoms with Crippen molar-refractivity contribution in [3.8, 4) is 0 Å². The highest BCUT2D eigenvalue weighted by atomic mass is 16.3. The van der Waals surface area contributed by atoms with Gasteiger partial charge in [0.15, 0.2) is 5.78 Å². The minimum Gasteiger partial charge on any atom is -0.387 e. The molecule has 0 unspecified atom stereocenters. The summed E-state index contributed by atoms with van der Waals surface area (Å²) in [6.45, 7) is 0.886. The standard InChI is InChI=1S/C10H11NO3/c1-7(13)8-3-2-4-9(5-8)11-10(14)6-12/h2-5,12H,6H2,1H3,(H,11,14). The Labute approximate surface area is 81.6 Å². The summed E-state index contributed by atoms with van der Waals surface area (Å²) in [7, 11) is 0. The zero-order chi connectivity index (χ0) is 10.6. The van der Waals surface area contributed by atoms with Crippen LogP contribution >= 0.6 is 0 Å². The van der Waals surface area contributed by atoms with E-state index in [9.17, 15) is 9.59 Å². The number of aliphatic hydroxyl groups excluding tert-OH is 1. The molecule has 0 aliphatic carbocycles. The molecule has 1 rings (SSSR count). The predicted octanol–water partition coefficient (Wildman–Crippen LogP) is 0.820. The Kier molecular flexibility index (Phi) is 3.36. The van der Waals surface area contributed by atoms with Gasteiger partial charge in [-0.1, -0.05) is 12.1 Å². The van der Waals surface area contributed by atoms with Crippen LogP contribution in [0.2, 0.25) is 0 Å². The molecule has 0 spiro atoms. The molecule has 4 nitrogen and oxygen atoms in total. The lowest BCUT2D eigenvalue weighted by molar-refractivity contribution is -0.118. The molecule has 0 heterocycles. The lowest BCUT2D eigenvalue weighted by Gasteiger charge is -2.03. The lowest BCUT2D eigenvalue weighted by Crippen LogP contribution is -2.15. The van der Waals surface area contributed by atoms with Crippen molar-refractivity contribution in [3.05, 3.63) is 29.8 Å². The van der Waals surface area contributed by atoms with E-state index in [0.717, 1.165) is 0 Å². The van der Waals surface area contributed by atoms with E-state index in [2.05, 4.69) is 5.32 Å². The number of aliphatic hydroxyl groups is 1. The summed E-state index contributed by atoms with van der Waals surface area (Å²) in [4.78, 5) is 21.8. The summed E-state index contributed by atoms with van der Waals surface area (Å²) in [6.07, 6.45) is 0. The van der Waals surface area contributed by atoms with Crippen LogP contribution in [0.4, 0.5) is 5.69 Å². The third kappa shape index (κ3) is 2.67. The lowest BCUT2D eigenvalue weighted by atomic mass is 10.1. The number of anilines is 1. The number of carbonyl (C=O) groups is 2. The molecule has 14 heavy (non-hydrogen) atoms. The number of benzene rings is 1. The second-order valence-corrected chi connectivity index (χ2v) is 2.84. The molecule has 1 amide bonds. The average Bonchev–Trinajstić information content (AvgIpc) is 2.18. The second kappa shape index (κ2) is 4.53. The van der Waals surface area contributed by atoms with Gasteiger partial charge in [0.2, 0.25) is 5.91 Å². The molecule has 0 saturated carbocycles. The van der Waals surface area contributed by atoms with Crippen LogP contribution in [-0.4, -0.2) is 23.4 Å². The van der Waals surface area contributed by atoms with Crippen LogP contribution < -0.4 is 5.32 Å². The third-order valence-corrected chi connectivity index (χ3v) is 1.70. The van der Waals surface area contributed by atoms with Crippen LogP contribution in [-0.2, 0) is 4.79 Å². The van der Waals surface area contributed by atoms with E-state index in [4.69, 9.17) is 5.11 Å². The molecule has 0 aliphatic rings. The molecule has 0 bridgehead atoms. The molecule has 0 fully saturated rings. The number of rotatable bonds is 3. The Balaban J connectivity index is 2.83. The highest BCUT2D eigenvalue weighted by Crippen LogP contribution is 2.10. The maximum atomic E-state index is 11.0. The van der Waals surface area contributed by atoms with Crippen LogP contribution in [0.25, 0.3) is 0 Å². The van der Waals surface area contributed by atoms with Gasteiger partial charge in [0.05, 0.1) is 0 Å². The summed E-state index contributed by atoms with van der Waals surface area (Å²) in [5.41, 5.74) is 1.04. The van der Waals surface area contributed by atoms with Gasteiger partial charge in [-0.3, -0.25) is 9.59 Å². The summed E-state index contributed by atoms with van der Waals surface area (Å²) < 4.78 is 0. The quantitative estimate of drug-likeness (QED) is 0.698. The van der Waals surface area contributed by atoms with Crippen LogP contribution in [0.1, 0.15) is 17.3 Å². The average molecular weight is 193 g/mol. The Morgan fingerprint density at radius 1 is 1.43 bits per heavy atom. The van der Waals surface area contributed by atoms with E-state index in [-0.39, 0.29) is 5.78 Å². The minimum atomic E-state index is -0.565. The highest BCUT2D eigenvalue weighted by Gasteiger charge is 2.02. The molecule has 2 N–H and O–H groups in total. The molecule has 4 heteroatoms. The maximum Gasteiger partial charge on any atom is 0.250 e. The van der Waals surface area contributed by atoms with Crippen LogP contribution in [0, 0.1) is 0 Å². The minimum absolute atomic E-state index is 0.0647. The SMILES string of the molecule is CC(=O)c1cccc(NC(=O)CO)c1. The highest BCUT2D eigenvalue weighted by molar-refractivity contribution is 5.97. The first-order valence-electron chi connectivity index (χ1n) is 4.15. The first kappa shape index (κ1) is 10.4. The number of hydrogen-bond donors (Lipinski definition) is 2. The maximum absolute atomic E-state index is 11.0. The number of carbonyl (C=O) groups excluding carboxylic acids is 2. The molecule has 0 radical (unpaired) electrons. The van der Waals surface area contributed by atoms with Crippen molar-refractivity contribution in [2.75, 3.05) is 11.9 Å². The molecular weight excluding hydrogens is 182 g/mol. The van der Waals surface area contributed by atoms with Crippen molar-refractivity contribution in [1.29, 1.82) is 0 Å². The van der Waals surface area contributed by atoms with Crippen molar-refractivity contribution in [2.24, 2.45) is 0 Å². The van der Waals surface area contributed by atoms with Crippen molar-refractivity contribution in [3.63, 3.8) is 0 Å². The summed E-state index contributed by atoms with van der Waals surface area (Å²) in [5, 5.41) is 10.9. The number of amides is 1. The van der Waals surface area contributed by atoms with Crippen molar-refractivity contribution in [1.82, 2.24) is 0 Å². The zero-order valence-corrected chi connectivity index (χ0v) is 7.78. The van der Waals surface area contributed by atoms with Gasteiger partial charge >= 0.3 is 0 Å². The summed E-state index contributed by atoms with van der Waals surface area (Å²) in [6, 6.07) is 6.55. The number of nitrogens with one attached hydrogen (secondary N) is 1. The second-order valence-electron chi connectivity index (χ2n) is 2.84. The van der Waals surface area contributed by atoms with E-state index in [1.54, 1.807) is 24.3 Å². The molecule has 1 aromatic carbocycles. The molecule has 0 atom stereocenters. The van der Waals surface area contributed by atoms with Gasteiger partial charge in [-0.05, 0) is 19.1 Å². The van der Waals surface area contributed by atoms with Gasteiger partial charge in [-0.2, -0.15) is 0 Å². The van der Waals surface area contributed by atoms with Crippen LogP contribution in [0.5, 0.6) is 0 Å². The monoisotopic (exact) mass is 193 g/mol. The molecular formula is C10H11NO3. The molecule has 0 aliphatic heterocycles. The Morgan fingerprint density at radius 3 is 2.71 bits per heavy atom. The van der Waals surface area contributed by atoms with Crippen LogP contribution in [0.15, 0.2) is 24.3 Å². The van der Waals surface area contributed by atoms with Gasteiger partial charge in [0.1, 0.15) is 6.61 Å². The molecule has 0 saturated heterocycles. The third-order valence-electron chi connectivity index (χ3n) is 1.70. The number of Topliss-reactive ketones (excluding diaryl/α,β-unsaturated/α-hetero) is 1. The number of ketones is 1.